The van der Waals surface area contributed by atoms with Gasteiger partial charge in [-0.1, -0.05) is 51.4 Å². The quantitative estimate of drug-likeness (QED) is 0.818. The maximum Gasteiger partial charge on any atom is 0.0409 e. The van der Waals surface area contributed by atoms with E-state index in [9.17, 15) is 0 Å². The van der Waals surface area contributed by atoms with Crippen molar-refractivity contribution in [3.63, 3.8) is 0 Å². The van der Waals surface area contributed by atoms with Gasteiger partial charge in [0.2, 0.25) is 0 Å². The molecule has 0 aliphatic rings. The third-order valence-corrected chi connectivity index (χ3v) is 3.63. The number of benzene rings is 1. The Morgan fingerprint density at radius 3 is 2.42 bits per heavy atom. The number of halogens is 1. The topological polar surface area (TPSA) is 15.3 Å². The molecule has 1 N–H and O–H groups in total. The van der Waals surface area contributed by atoms with Gasteiger partial charge in [-0.3, -0.25) is 4.90 Å². The predicted octanol–water partition coefficient (Wildman–Crippen LogP) is 3.79. The first-order valence-electron chi connectivity index (χ1n) is 7.08. The SMILES string of the molecule is CC(C)NCC(C(C)C)N(C)Cc1cccc(Cl)c1. The van der Waals surface area contributed by atoms with E-state index in [-0.39, 0.29) is 0 Å². The molecule has 1 rings (SSSR count). The van der Waals surface area contributed by atoms with Crippen LogP contribution in [0.4, 0.5) is 0 Å². The molecular weight excluding hydrogens is 256 g/mol. The molecule has 0 aliphatic heterocycles. The normalized spacial score (nSPS) is 13.5. The fraction of sp³-hybridized carbons (Fsp3) is 0.625. The van der Waals surface area contributed by atoms with Crippen LogP contribution in [0, 0.1) is 5.92 Å². The summed E-state index contributed by atoms with van der Waals surface area (Å²) in [6, 6.07) is 9.18. The minimum absolute atomic E-state index is 0.529. The van der Waals surface area contributed by atoms with E-state index in [1.807, 2.05) is 18.2 Å². The van der Waals surface area contributed by atoms with Crippen molar-refractivity contribution < 1.29 is 0 Å². The molecular formula is C16H27ClN2. The van der Waals surface area contributed by atoms with Crippen molar-refractivity contribution >= 4 is 11.6 Å². The van der Waals surface area contributed by atoms with Crippen LogP contribution in [-0.2, 0) is 6.54 Å². The summed E-state index contributed by atoms with van der Waals surface area (Å²) in [6.07, 6.45) is 0. The Labute approximate surface area is 123 Å². The first-order chi connectivity index (χ1) is 8.90. The summed E-state index contributed by atoms with van der Waals surface area (Å²) in [6.45, 7) is 10.9. The minimum atomic E-state index is 0.529. The van der Waals surface area contributed by atoms with E-state index in [0.717, 1.165) is 18.1 Å². The van der Waals surface area contributed by atoms with E-state index in [1.165, 1.54) is 5.56 Å². The average Bonchev–Trinajstić information content (AvgIpc) is 2.28. The fourth-order valence-corrected chi connectivity index (χ4v) is 2.51. The lowest BCUT2D eigenvalue weighted by Crippen LogP contribution is -2.44. The molecule has 0 spiro atoms. The number of likely N-dealkylation sites (N-methyl/N-ethyl adjacent to an activating group) is 1. The molecule has 0 heterocycles. The molecule has 0 aliphatic carbocycles. The Balaban J connectivity index is 2.63. The van der Waals surface area contributed by atoms with Crippen LogP contribution in [0.25, 0.3) is 0 Å². The number of hydrogen-bond donors (Lipinski definition) is 1. The van der Waals surface area contributed by atoms with Crippen molar-refractivity contribution in [1.29, 1.82) is 0 Å². The van der Waals surface area contributed by atoms with Crippen LogP contribution in [0.2, 0.25) is 5.02 Å². The molecule has 0 radical (unpaired) electrons. The maximum absolute atomic E-state index is 6.04. The monoisotopic (exact) mass is 282 g/mol. The molecule has 19 heavy (non-hydrogen) atoms. The molecule has 2 nitrogen and oxygen atoms in total. The molecule has 1 atom stereocenters. The molecule has 0 aromatic heterocycles. The van der Waals surface area contributed by atoms with Crippen LogP contribution < -0.4 is 5.32 Å². The summed E-state index contributed by atoms with van der Waals surface area (Å²) in [7, 11) is 2.19. The zero-order chi connectivity index (χ0) is 14.4. The van der Waals surface area contributed by atoms with Crippen LogP contribution in [0.5, 0.6) is 0 Å². The van der Waals surface area contributed by atoms with Crippen LogP contribution >= 0.6 is 11.6 Å². The zero-order valence-corrected chi connectivity index (χ0v) is 13.5. The van der Waals surface area contributed by atoms with Gasteiger partial charge in [-0.05, 0) is 30.7 Å². The van der Waals surface area contributed by atoms with E-state index in [2.05, 4.69) is 51.0 Å². The van der Waals surface area contributed by atoms with E-state index < -0.39 is 0 Å². The van der Waals surface area contributed by atoms with Crippen LogP contribution in [-0.4, -0.2) is 30.6 Å². The van der Waals surface area contributed by atoms with Gasteiger partial charge >= 0.3 is 0 Å². The lowest BCUT2D eigenvalue weighted by atomic mass is 10.0. The van der Waals surface area contributed by atoms with Gasteiger partial charge in [0, 0.05) is 30.2 Å². The Hall–Kier alpha value is -0.570. The number of hydrogen-bond acceptors (Lipinski definition) is 2. The van der Waals surface area contributed by atoms with Crippen molar-refractivity contribution in [3.8, 4) is 0 Å². The largest absolute Gasteiger partial charge is 0.313 e. The van der Waals surface area contributed by atoms with Crippen LogP contribution in [0.1, 0.15) is 33.3 Å². The molecule has 1 unspecified atom stereocenters. The summed E-state index contributed by atoms with van der Waals surface area (Å²) in [5.74, 6) is 0.621. The second-order valence-corrected chi connectivity index (χ2v) is 6.36. The molecule has 3 heteroatoms. The first kappa shape index (κ1) is 16.5. The first-order valence-corrected chi connectivity index (χ1v) is 7.46. The Kier molecular flexibility index (Phi) is 6.84. The van der Waals surface area contributed by atoms with Gasteiger partial charge in [0.1, 0.15) is 0 Å². The van der Waals surface area contributed by atoms with Crippen molar-refractivity contribution in [2.75, 3.05) is 13.6 Å². The molecule has 0 saturated carbocycles. The van der Waals surface area contributed by atoms with E-state index >= 15 is 0 Å². The molecule has 0 saturated heterocycles. The fourth-order valence-electron chi connectivity index (χ4n) is 2.30. The van der Waals surface area contributed by atoms with Gasteiger partial charge in [-0.15, -0.1) is 0 Å². The zero-order valence-electron chi connectivity index (χ0n) is 12.8. The van der Waals surface area contributed by atoms with Gasteiger partial charge in [0.05, 0.1) is 0 Å². The highest BCUT2D eigenvalue weighted by atomic mass is 35.5. The molecule has 1 aromatic carbocycles. The third kappa shape index (κ3) is 5.94. The summed E-state index contributed by atoms with van der Waals surface area (Å²) >= 11 is 6.04. The number of nitrogens with zero attached hydrogens (tertiary/aromatic N) is 1. The van der Waals surface area contributed by atoms with Crippen molar-refractivity contribution in [2.24, 2.45) is 5.92 Å². The Morgan fingerprint density at radius 2 is 1.89 bits per heavy atom. The van der Waals surface area contributed by atoms with E-state index in [4.69, 9.17) is 11.6 Å². The molecule has 1 aromatic rings. The highest BCUT2D eigenvalue weighted by molar-refractivity contribution is 6.30. The van der Waals surface area contributed by atoms with Gasteiger partial charge in [-0.25, -0.2) is 0 Å². The summed E-state index contributed by atoms with van der Waals surface area (Å²) in [4.78, 5) is 2.41. The van der Waals surface area contributed by atoms with Gasteiger partial charge < -0.3 is 5.32 Å². The number of rotatable bonds is 7. The molecule has 0 amide bonds. The van der Waals surface area contributed by atoms with Crippen LogP contribution in [0.3, 0.4) is 0 Å². The Morgan fingerprint density at radius 1 is 1.21 bits per heavy atom. The summed E-state index contributed by atoms with van der Waals surface area (Å²) in [5.41, 5.74) is 1.27. The maximum atomic E-state index is 6.04. The Bertz CT molecular complexity index is 377. The standard InChI is InChI=1S/C16H27ClN2/c1-12(2)16(10-18-13(3)4)19(5)11-14-7-6-8-15(17)9-14/h6-9,12-13,16,18H,10-11H2,1-5H3. The summed E-state index contributed by atoms with van der Waals surface area (Å²) in [5, 5.41) is 4.35. The predicted molar refractivity (Wildman–Crippen MR) is 84.7 cm³/mol. The van der Waals surface area contributed by atoms with E-state index in [1.54, 1.807) is 0 Å². The second-order valence-electron chi connectivity index (χ2n) is 5.92. The lowest BCUT2D eigenvalue weighted by molar-refractivity contribution is 0.177. The lowest BCUT2D eigenvalue weighted by Gasteiger charge is -2.32. The van der Waals surface area contributed by atoms with Crippen molar-refractivity contribution in [1.82, 2.24) is 10.2 Å². The van der Waals surface area contributed by atoms with Gasteiger partial charge in [0.15, 0.2) is 0 Å². The highest BCUT2D eigenvalue weighted by Gasteiger charge is 2.18. The average molecular weight is 283 g/mol. The van der Waals surface area contributed by atoms with E-state index in [0.29, 0.717) is 18.0 Å². The minimum Gasteiger partial charge on any atom is -0.313 e. The second kappa shape index (κ2) is 7.88. The highest BCUT2D eigenvalue weighted by Crippen LogP contribution is 2.16. The smallest absolute Gasteiger partial charge is 0.0409 e. The third-order valence-electron chi connectivity index (χ3n) is 3.39. The molecule has 0 bridgehead atoms. The number of nitrogens with one attached hydrogen (secondary N) is 1. The molecule has 0 fully saturated rings. The molecule has 108 valence electrons. The van der Waals surface area contributed by atoms with Crippen LogP contribution in [0.15, 0.2) is 24.3 Å². The van der Waals surface area contributed by atoms with Crippen molar-refractivity contribution in [2.45, 2.75) is 46.3 Å². The van der Waals surface area contributed by atoms with Gasteiger partial charge in [-0.2, -0.15) is 0 Å². The van der Waals surface area contributed by atoms with Gasteiger partial charge in [0.25, 0.3) is 0 Å². The van der Waals surface area contributed by atoms with Crippen molar-refractivity contribution in [3.05, 3.63) is 34.9 Å². The summed E-state index contributed by atoms with van der Waals surface area (Å²) < 4.78 is 0.